The Morgan fingerprint density at radius 3 is 2.82 bits per heavy atom. The van der Waals surface area contributed by atoms with E-state index in [1.54, 1.807) is 13.2 Å². The minimum atomic E-state index is -3.44. The number of anilines is 1. The molecule has 1 saturated carbocycles. The SMILES string of the molecule is C=N/C(CCC(=O)NS1(=O)=NC(=O)c2ccc3c(c2)N(C[C@@H]2CC[C@H]2[C@@H](OC)/C=C/CCC1)C[C@@]1(CCCc2cc(Cl)ccc21)CO3)=C(/C)SC. The third kappa shape index (κ3) is 8.42. The largest absolute Gasteiger partial charge is 0.490 e. The number of amides is 2. The van der Waals surface area contributed by atoms with Crippen molar-refractivity contribution in [1.82, 2.24) is 4.72 Å². The van der Waals surface area contributed by atoms with Crippen molar-refractivity contribution in [3.8, 4) is 5.75 Å². The van der Waals surface area contributed by atoms with Gasteiger partial charge < -0.3 is 14.4 Å². The van der Waals surface area contributed by atoms with E-state index in [-0.39, 0.29) is 23.7 Å². The first-order chi connectivity index (χ1) is 24.6. The van der Waals surface area contributed by atoms with E-state index in [1.807, 2.05) is 31.4 Å². The molecular formula is C39H49ClN4O5S2. The van der Waals surface area contributed by atoms with Crippen LogP contribution < -0.4 is 14.4 Å². The number of ether oxygens (including phenoxy) is 2. The molecule has 1 spiro atoms. The van der Waals surface area contributed by atoms with Crippen LogP contribution in [-0.4, -0.2) is 67.7 Å². The summed E-state index contributed by atoms with van der Waals surface area (Å²) in [7, 11) is -1.67. The second kappa shape index (κ2) is 16.3. The van der Waals surface area contributed by atoms with Crippen LogP contribution in [0.15, 0.2) is 68.5 Å². The molecule has 2 aromatic rings. The van der Waals surface area contributed by atoms with Crippen LogP contribution in [0.25, 0.3) is 0 Å². The molecule has 0 aromatic heterocycles. The molecule has 1 fully saturated rings. The highest BCUT2D eigenvalue weighted by atomic mass is 35.5. The van der Waals surface area contributed by atoms with Crippen LogP contribution in [0.3, 0.4) is 0 Å². The molecule has 2 aliphatic heterocycles. The summed E-state index contributed by atoms with van der Waals surface area (Å²) in [6.45, 7) is 7.57. The van der Waals surface area contributed by atoms with Crippen molar-refractivity contribution in [3.63, 3.8) is 0 Å². The molecule has 9 nitrogen and oxygen atoms in total. The van der Waals surface area contributed by atoms with Crippen LogP contribution in [-0.2, 0) is 31.3 Å². The number of fused-ring (bicyclic) bond motifs is 4. The van der Waals surface area contributed by atoms with Gasteiger partial charge >= 0.3 is 0 Å². The van der Waals surface area contributed by atoms with Gasteiger partial charge in [-0.05, 0) is 125 Å². The lowest BCUT2D eigenvalue weighted by Crippen LogP contribution is -2.49. The van der Waals surface area contributed by atoms with Gasteiger partial charge in [-0.3, -0.25) is 19.3 Å². The summed E-state index contributed by atoms with van der Waals surface area (Å²) >= 11 is 7.99. The molecule has 2 aliphatic carbocycles. The Hall–Kier alpha value is -3.12. The van der Waals surface area contributed by atoms with Crippen molar-refractivity contribution in [2.24, 2.45) is 21.2 Å². The molecule has 2 heterocycles. The molecule has 0 radical (unpaired) electrons. The van der Waals surface area contributed by atoms with Crippen molar-refractivity contribution >= 4 is 57.5 Å². The zero-order valence-corrected chi connectivity index (χ0v) is 32.2. The number of thioether (sulfide) groups is 1. The highest BCUT2D eigenvalue weighted by Gasteiger charge is 2.44. The fourth-order valence-corrected chi connectivity index (χ4v) is 10.3. The Morgan fingerprint density at radius 1 is 1.24 bits per heavy atom. The van der Waals surface area contributed by atoms with Crippen LogP contribution in [0.5, 0.6) is 5.75 Å². The van der Waals surface area contributed by atoms with Gasteiger partial charge in [-0.25, -0.2) is 4.21 Å². The van der Waals surface area contributed by atoms with Gasteiger partial charge in [-0.1, -0.05) is 29.8 Å². The summed E-state index contributed by atoms with van der Waals surface area (Å²) in [4.78, 5) is 34.5. The van der Waals surface area contributed by atoms with Crippen LogP contribution >= 0.6 is 23.4 Å². The summed E-state index contributed by atoms with van der Waals surface area (Å²) < 4.78 is 33.8. The Balaban J connectivity index is 1.37. The second-order valence-electron chi connectivity index (χ2n) is 14.2. The van der Waals surface area contributed by atoms with Crippen molar-refractivity contribution in [1.29, 1.82) is 0 Å². The average Bonchev–Trinajstić information content (AvgIpc) is 3.25. The Labute approximate surface area is 312 Å². The number of aliphatic imine (C=N–C) groups is 1. The number of halogens is 1. The number of rotatable bonds is 7. The molecule has 1 N–H and O–H groups in total. The van der Waals surface area contributed by atoms with E-state index < -0.39 is 21.7 Å². The maximum atomic E-state index is 14.3. The molecular weight excluding hydrogens is 704 g/mol. The smallest absolute Gasteiger partial charge is 0.286 e. The Morgan fingerprint density at radius 2 is 2.08 bits per heavy atom. The zero-order valence-electron chi connectivity index (χ0n) is 29.8. The number of hydrogen-bond acceptors (Lipinski definition) is 8. The van der Waals surface area contributed by atoms with Crippen molar-refractivity contribution in [2.75, 3.05) is 43.7 Å². The predicted octanol–water partition coefficient (Wildman–Crippen LogP) is 7.92. The molecule has 0 saturated heterocycles. The summed E-state index contributed by atoms with van der Waals surface area (Å²) in [6.07, 6.45) is 12.7. The monoisotopic (exact) mass is 752 g/mol. The number of aryl methyl sites for hydroxylation is 1. The fraction of sp³-hybridized carbons (Fsp3) is 0.513. The summed E-state index contributed by atoms with van der Waals surface area (Å²) in [5.41, 5.74) is 4.13. The normalized spacial score (nSPS) is 28.8. The summed E-state index contributed by atoms with van der Waals surface area (Å²) in [5.74, 6) is 0.411. The molecule has 4 aliphatic rings. The minimum Gasteiger partial charge on any atom is -0.490 e. The van der Waals surface area contributed by atoms with E-state index in [2.05, 4.69) is 50.0 Å². The predicted molar refractivity (Wildman–Crippen MR) is 209 cm³/mol. The second-order valence-corrected chi connectivity index (χ2v) is 17.7. The molecule has 5 atom stereocenters. The van der Waals surface area contributed by atoms with Crippen LogP contribution in [0.2, 0.25) is 5.02 Å². The molecule has 2 bridgehead atoms. The molecule has 274 valence electrons. The first-order valence-electron chi connectivity index (χ1n) is 17.9. The van der Waals surface area contributed by atoms with E-state index in [0.29, 0.717) is 54.7 Å². The van der Waals surface area contributed by atoms with Gasteiger partial charge in [0.2, 0.25) is 5.91 Å². The number of benzene rings is 2. The van der Waals surface area contributed by atoms with Gasteiger partial charge in [0, 0.05) is 53.2 Å². The van der Waals surface area contributed by atoms with E-state index in [1.165, 1.54) is 22.9 Å². The van der Waals surface area contributed by atoms with E-state index in [9.17, 15) is 13.8 Å². The molecule has 51 heavy (non-hydrogen) atoms. The average molecular weight is 753 g/mol. The van der Waals surface area contributed by atoms with E-state index in [4.69, 9.17) is 21.1 Å². The molecule has 2 aromatic carbocycles. The van der Waals surface area contributed by atoms with E-state index in [0.717, 1.165) is 60.8 Å². The van der Waals surface area contributed by atoms with E-state index >= 15 is 0 Å². The number of hydrogen-bond donors (Lipinski definition) is 1. The molecule has 1 unspecified atom stereocenters. The molecule has 6 rings (SSSR count). The van der Waals surface area contributed by atoms with Gasteiger partial charge in [-0.2, -0.15) is 0 Å². The number of carbonyl (C=O) groups is 2. The number of allylic oxidation sites excluding steroid dienone is 3. The Bertz CT molecular complexity index is 1850. The first kappa shape index (κ1) is 37.6. The van der Waals surface area contributed by atoms with Crippen LogP contribution in [0, 0.1) is 11.8 Å². The maximum absolute atomic E-state index is 14.3. The van der Waals surface area contributed by atoms with Crippen LogP contribution in [0.1, 0.15) is 79.8 Å². The number of methoxy groups -OCH3 is 1. The third-order valence-electron chi connectivity index (χ3n) is 11.0. The molecule has 2 amide bonds. The van der Waals surface area contributed by atoms with Crippen molar-refractivity contribution in [2.45, 2.75) is 76.2 Å². The Kier molecular flexibility index (Phi) is 12.0. The molecule has 12 heteroatoms. The summed E-state index contributed by atoms with van der Waals surface area (Å²) in [6, 6.07) is 11.6. The van der Waals surface area contributed by atoms with Gasteiger partial charge in [0.15, 0.2) is 0 Å². The zero-order chi connectivity index (χ0) is 36.2. The van der Waals surface area contributed by atoms with Gasteiger partial charge in [0.25, 0.3) is 5.91 Å². The lowest BCUT2D eigenvalue weighted by atomic mass is 9.68. The van der Waals surface area contributed by atoms with Gasteiger partial charge in [-0.15, -0.1) is 16.1 Å². The first-order valence-corrected chi connectivity index (χ1v) is 21.2. The fourth-order valence-electron chi connectivity index (χ4n) is 8.06. The number of nitrogens with one attached hydrogen (secondary N) is 1. The quantitative estimate of drug-likeness (QED) is 0.226. The topological polar surface area (TPSA) is 110 Å². The van der Waals surface area contributed by atoms with Crippen molar-refractivity contribution < 1.29 is 23.3 Å². The third-order valence-corrected chi connectivity index (χ3v) is 14.0. The lowest BCUT2D eigenvalue weighted by molar-refractivity contribution is -0.119. The number of nitrogens with zero attached hydrogens (tertiary/aromatic N) is 3. The van der Waals surface area contributed by atoms with Gasteiger partial charge in [0.05, 0.1) is 24.2 Å². The summed E-state index contributed by atoms with van der Waals surface area (Å²) in [5, 5.41) is 0.741. The minimum absolute atomic E-state index is 0.0386. The highest BCUT2D eigenvalue weighted by molar-refractivity contribution is 8.02. The standard InChI is InChI=1S/C39H49ClN4O5S2/c1-26(50-4)33(41-2)16-18-37(45)42-51(47)20-7-5-6-10-35(48-3)31-14-11-29(31)23-44-24-39(19-8-9-27-21-30(40)13-15-32(27)39)25-49-36-17-12-28(22-34(36)44)38(46)43-51/h6,10,12-13,15,17,21-22,29,31,35H,2,5,7-9,11,14,16,18-20,23-25H2,1,3-4H3,(H,42,43,45,46,47)/b10-6+,33-26-/t29-,31+,35-,39-,51?/m0/s1. The van der Waals surface area contributed by atoms with Crippen molar-refractivity contribution in [3.05, 3.63) is 80.9 Å². The lowest BCUT2D eigenvalue weighted by Gasteiger charge is -2.46. The van der Waals surface area contributed by atoms with Crippen LogP contribution in [0.4, 0.5) is 5.69 Å². The van der Waals surface area contributed by atoms with Gasteiger partial charge in [0.1, 0.15) is 15.7 Å². The number of carbonyl (C=O) groups excluding carboxylic acids is 2. The maximum Gasteiger partial charge on any atom is 0.286 e. The highest BCUT2D eigenvalue weighted by Crippen LogP contribution is 2.47.